The molecule has 3 heteroatoms. The Morgan fingerprint density at radius 1 is 1.44 bits per heavy atom. The summed E-state index contributed by atoms with van der Waals surface area (Å²) in [5.74, 6) is 0. The van der Waals surface area contributed by atoms with Crippen LogP contribution in [0, 0.1) is 11.7 Å². The third kappa shape index (κ3) is 2.09. The van der Waals surface area contributed by atoms with Gasteiger partial charge < -0.3 is 9.55 Å². The highest BCUT2D eigenvalue weighted by atomic mass is 32.1. The second-order valence-electron chi connectivity index (χ2n) is 4.34. The van der Waals surface area contributed by atoms with Crippen LogP contribution >= 0.6 is 12.2 Å². The molecule has 0 aliphatic heterocycles. The highest BCUT2D eigenvalue weighted by Crippen LogP contribution is 2.16. The van der Waals surface area contributed by atoms with E-state index in [4.69, 9.17) is 12.2 Å². The predicted octanol–water partition coefficient (Wildman–Crippen LogP) is 3.97. The van der Waals surface area contributed by atoms with Crippen LogP contribution in [0.2, 0.25) is 0 Å². The summed E-state index contributed by atoms with van der Waals surface area (Å²) < 4.78 is 2.91. The van der Waals surface area contributed by atoms with Gasteiger partial charge in [-0.25, -0.2) is 0 Å². The lowest BCUT2D eigenvalue weighted by atomic mass is 10.2. The average Bonchev–Trinajstić information content (AvgIpc) is 2.50. The number of fused-ring (bicyclic) bond motifs is 1. The van der Waals surface area contributed by atoms with Crippen LogP contribution in [0.25, 0.3) is 11.0 Å². The number of aromatic nitrogens is 2. The number of nitrogens with zero attached hydrogens (tertiary/aromatic N) is 1. The van der Waals surface area contributed by atoms with Crippen LogP contribution in [0.15, 0.2) is 29.8 Å². The Labute approximate surface area is 101 Å². The van der Waals surface area contributed by atoms with Gasteiger partial charge in [-0.2, -0.15) is 0 Å². The van der Waals surface area contributed by atoms with Crippen molar-refractivity contribution < 1.29 is 0 Å². The summed E-state index contributed by atoms with van der Waals surface area (Å²) in [7, 11) is 0. The number of benzene rings is 1. The molecule has 0 aliphatic rings. The van der Waals surface area contributed by atoms with Crippen molar-refractivity contribution in [2.45, 2.75) is 27.3 Å². The smallest absolute Gasteiger partial charge is 0.178 e. The molecule has 0 aliphatic carbocycles. The number of H-pyrrole nitrogens is 1. The van der Waals surface area contributed by atoms with E-state index < -0.39 is 0 Å². The minimum absolute atomic E-state index is 0.790. The van der Waals surface area contributed by atoms with Crippen molar-refractivity contribution in [3.05, 3.63) is 40.2 Å². The first-order valence-electron chi connectivity index (χ1n) is 5.40. The molecule has 0 radical (unpaired) electrons. The molecule has 84 valence electrons. The van der Waals surface area contributed by atoms with Gasteiger partial charge >= 0.3 is 0 Å². The fourth-order valence-corrected chi connectivity index (χ4v) is 2.02. The van der Waals surface area contributed by atoms with Crippen molar-refractivity contribution in [3.8, 4) is 0 Å². The van der Waals surface area contributed by atoms with Crippen LogP contribution in [0.5, 0.6) is 0 Å². The number of nitrogens with one attached hydrogen (secondary N) is 1. The molecular formula is C13H16N2S. The van der Waals surface area contributed by atoms with Gasteiger partial charge in [0, 0.05) is 6.54 Å². The van der Waals surface area contributed by atoms with E-state index in [0.717, 1.165) is 16.8 Å². The van der Waals surface area contributed by atoms with Gasteiger partial charge in [-0.3, -0.25) is 0 Å². The number of imidazole rings is 1. The van der Waals surface area contributed by atoms with Crippen molar-refractivity contribution in [2.75, 3.05) is 0 Å². The van der Waals surface area contributed by atoms with Crippen LogP contribution in [-0.2, 0) is 6.54 Å². The molecule has 2 nitrogen and oxygen atoms in total. The first-order chi connectivity index (χ1) is 7.58. The lowest BCUT2D eigenvalue weighted by molar-refractivity contribution is 0.828. The Hall–Kier alpha value is -1.35. The lowest BCUT2D eigenvalue weighted by Crippen LogP contribution is -1.95. The fraction of sp³-hybridized carbons (Fsp3) is 0.308. The average molecular weight is 232 g/mol. The topological polar surface area (TPSA) is 20.7 Å². The van der Waals surface area contributed by atoms with Gasteiger partial charge in [0.25, 0.3) is 0 Å². The molecule has 0 saturated carbocycles. The van der Waals surface area contributed by atoms with E-state index in [-0.39, 0.29) is 0 Å². The number of allylic oxidation sites excluding steroid dienone is 2. The SMILES string of the molecule is CC(C)=CCn1c(=S)[nH]c2cc(C)ccc21. The molecule has 1 heterocycles. The summed E-state index contributed by atoms with van der Waals surface area (Å²) in [5, 5.41) is 0. The molecule has 16 heavy (non-hydrogen) atoms. The second kappa shape index (κ2) is 4.26. The zero-order valence-corrected chi connectivity index (χ0v) is 10.7. The largest absolute Gasteiger partial charge is 0.331 e. The number of rotatable bonds is 2. The Morgan fingerprint density at radius 2 is 2.19 bits per heavy atom. The van der Waals surface area contributed by atoms with E-state index >= 15 is 0 Å². The van der Waals surface area contributed by atoms with Crippen molar-refractivity contribution in [2.24, 2.45) is 0 Å². The van der Waals surface area contributed by atoms with Crippen molar-refractivity contribution in [1.82, 2.24) is 9.55 Å². The molecule has 2 rings (SSSR count). The van der Waals surface area contributed by atoms with Crippen LogP contribution in [0.1, 0.15) is 19.4 Å². The second-order valence-corrected chi connectivity index (χ2v) is 4.73. The normalized spacial score (nSPS) is 10.7. The minimum Gasteiger partial charge on any atom is -0.331 e. The fourth-order valence-electron chi connectivity index (χ4n) is 1.73. The maximum absolute atomic E-state index is 5.33. The van der Waals surface area contributed by atoms with Gasteiger partial charge in [0.1, 0.15) is 0 Å². The predicted molar refractivity (Wildman–Crippen MR) is 71.3 cm³/mol. The van der Waals surface area contributed by atoms with Gasteiger partial charge in [-0.05, 0) is 50.7 Å². The van der Waals surface area contributed by atoms with Gasteiger partial charge in [0.05, 0.1) is 11.0 Å². The van der Waals surface area contributed by atoms with E-state index in [2.05, 4.69) is 54.6 Å². The first-order valence-corrected chi connectivity index (χ1v) is 5.81. The Bertz CT molecular complexity index is 598. The monoisotopic (exact) mass is 232 g/mol. The molecule has 0 saturated heterocycles. The first kappa shape index (κ1) is 11.1. The summed E-state index contributed by atoms with van der Waals surface area (Å²) in [6, 6.07) is 6.36. The van der Waals surface area contributed by atoms with E-state index in [9.17, 15) is 0 Å². The maximum atomic E-state index is 5.33. The van der Waals surface area contributed by atoms with E-state index in [1.807, 2.05) is 0 Å². The molecule has 0 spiro atoms. The number of aryl methyl sites for hydroxylation is 1. The summed E-state index contributed by atoms with van der Waals surface area (Å²) in [4.78, 5) is 3.24. The Balaban J connectivity index is 2.56. The van der Waals surface area contributed by atoms with Gasteiger partial charge in [0.2, 0.25) is 0 Å². The summed E-state index contributed by atoms with van der Waals surface area (Å²) in [6.07, 6.45) is 2.18. The molecular weight excluding hydrogens is 216 g/mol. The van der Waals surface area contributed by atoms with Gasteiger partial charge in [-0.15, -0.1) is 0 Å². The molecule has 0 unspecified atom stereocenters. The zero-order valence-electron chi connectivity index (χ0n) is 9.87. The van der Waals surface area contributed by atoms with Crippen LogP contribution in [-0.4, -0.2) is 9.55 Å². The summed E-state index contributed by atoms with van der Waals surface area (Å²) in [6.45, 7) is 7.12. The van der Waals surface area contributed by atoms with Gasteiger partial charge in [-0.1, -0.05) is 17.7 Å². The number of aromatic amines is 1. The van der Waals surface area contributed by atoms with E-state index in [0.29, 0.717) is 0 Å². The molecule has 1 N–H and O–H groups in total. The molecule has 1 aromatic heterocycles. The van der Waals surface area contributed by atoms with Crippen LogP contribution in [0.4, 0.5) is 0 Å². The minimum atomic E-state index is 0.790. The van der Waals surface area contributed by atoms with Gasteiger partial charge in [0.15, 0.2) is 4.77 Å². The molecule has 1 aromatic carbocycles. The number of hydrogen-bond donors (Lipinski definition) is 1. The van der Waals surface area contributed by atoms with Crippen molar-refractivity contribution in [3.63, 3.8) is 0 Å². The Kier molecular flexibility index (Phi) is 2.97. The quantitative estimate of drug-likeness (QED) is 0.613. The maximum Gasteiger partial charge on any atom is 0.178 e. The highest BCUT2D eigenvalue weighted by Gasteiger charge is 2.02. The van der Waals surface area contributed by atoms with Crippen LogP contribution in [0.3, 0.4) is 0 Å². The summed E-state index contributed by atoms with van der Waals surface area (Å²) in [5.41, 5.74) is 4.85. The van der Waals surface area contributed by atoms with E-state index in [1.54, 1.807) is 0 Å². The zero-order chi connectivity index (χ0) is 11.7. The van der Waals surface area contributed by atoms with Crippen molar-refractivity contribution in [1.29, 1.82) is 0 Å². The third-order valence-corrected chi connectivity index (χ3v) is 2.93. The lowest BCUT2D eigenvalue weighted by Gasteiger charge is -2.01. The molecule has 0 bridgehead atoms. The molecule has 0 fully saturated rings. The van der Waals surface area contributed by atoms with Crippen LogP contribution < -0.4 is 0 Å². The highest BCUT2D eigenvalue weighted by molar-refractivity contribution is 7.71. The molecule has 0 amide bonds. The standard InChI is InChI=1S/C13H16N2S/c1-9(2)6-7-15-12-5-4-10(3)8-11(12)14-13(15)16/h4-6,8H,7H2,1-3H3,(H,14,16). The summed E-state index contributed by atoms with van der Waals surface area (Å²) >= 11 is 5.33. The molecule has 0 atom stereocenters. The third-order valence-electron chi connectivity index (χ3n) is 2.61. The number of hydrogen-bond acceptors (Lipinski definition) is 1. The molecule has 2 aromatic rings. The Morgan fingerprint density at radius 3 is 2.88 bits per heavy atom. The van der Waals surface area contributed by atoms with E-state index in [1.165, 1.54) is 16.7 Å². The van der Waals surface area contributed by atoms with Crippen molar-refractivity contribution >= 4 is 23.3 Å².